The summed E-state index contributed by atoms with van der Waals surface area (Å²) in [4.78, 5) is 20.9. The number of benzene rings is 1. The van der Waals surface area contributed by atoms with Crippen LogP contribution in [0.15, 0.2) is 12.1 Å². The van der Waals surface area contributed by atoms with Crippen LogP contribution in [0.3, 0.4) is 0 Å². The maximum atomic E-state index is 13.0. The molecule has 14 heavy (non-hydrogen) atoms. The lowest BCUT2D eigenvalue weighted by Gasteiger charge is -2.06. The molecule has 0 N–H and O–H groups in total. The van der Waals surface area contributed by atoms with E-state index in [1.807, 2.05) is 0 Å². The van der Waals surface area contributed by atoms with Crippen molar-refractivity contribution in [2.75, 3.05) is 6.61 Å². The third-order valence-corrected chi connectivity index (χ3v) is 1.68. The molecule has 0 aliphatic heterocycles. The second-order valence-corrected chi connectivity index (χ2v) is 2.58. The Morgan fingerprint density at radius 1 is 1.29 bits per heavy atom. The smallest absolute Gasteiger partial charge is 0.153 e. The molecule has 0 amide bonds. The van der Waals surface area contributed by atoms with Crippen LogP contribution in [0.25, 0.3) is 0 Å². The Hall–Kier alpha value is -1.71. The van der Waals surface area contributed by atoms with Gasteiger partial charge in [0.2, 0.25) is 0 Å². The average molecular weight is 196 g/mol. The van der Waals surface area contributed by atoms with Gasteiger partial charge in [0.25, 0.3) is 0 Å². The maximum Gasteiger partial charge on any atom is 0.153 e. The van der Waals surface area contributed by atoms with Crippen molar-refractivity contribution in [3.8, 4) is 5.75 Å². The molecular formula is C10H9FO3. The molecule has 0 heterocycles. The second-order valence-electron chi connectivity index (χ2n) is 2.58. The Morgan fingerprint density at radius 3 is 2.43 bits per heavy atom. The van der Waals surface area contributed by atoms with Crippen molar-refractivity contribution in [2.24, 2.45) is 0 Å². The van der Waals surface area contributed by atoms with E-state index in [9.17, 15) is 14.0 Å². The number of rotatable bonds is 4. The highest BCUT2D eigenvalue weighted by Gasteiger charge is 2.09. The summed E-state index contributed by atoms with van der Waals surface area (Å²) in [6, 6.07) is 2.21. The number of aldehydes is 2. The molecule has 0 saturated heterocycles. The second kappa shape index (κ2) is 4.50. The van der Waals surface area contributed by atoms with Crippen LogP contribution in [0.4, 0.5) is 4.39 Å². The summed E-state index contributed by atoms with van der Waals surface area (Å²) in [5.41, 5.74) is -0.00556. The van der Waals surface area contributed by atoms with Crippen LogP contribution in [0.1, 0.15) is 27.6 Å². The van der Waals surface area contributed by atoms with Crippen molar-refractivity contribution in [1.82, 2.24) is 0 Å². The quantitative estimate of drug-likeness (QED) is 0.690. The number of hydrogen-bond acceptors (Lipinski definition) is 3. The minimum absolute atomic E-state index is 0.106. The van der Waals surface area contributed by atoms with Crippen molar-refractivity contribution in [3.63, 3.8) is 0 Å². The van der Waals surface area contributed by atoms with E-state index in [-0.39, 0.29) is 16.9 Å². The minimum atomic E-state index is -0.717. The highest BCUT2D eigenvalue weighted by atomic mass is 19.1. The van der Waals surface area contributed by atoms with E-state index in [0.29, 0.717) is 19.2 Å². The molecule has 0 spiro atoms. The van der Waals surface area contributed by atoms with Crippen LogP contribution in [0, 0.1) is 5.82 Å². The molecule has 0 aliphatic rings. The fourth-order valence-electron chi connectivity index (χ4n) is 1.05. The number of carbonyl (C=O) groups is 2. The molecular weight excluding hydrogens is 187 g/mol. The van der Waals surface area contributed by atoms with Crippen LogP contribution < -0.4 is 4.74 Å². The Balaban J connectivity index is 3.24. The zero-order chi connectivity index (χ0) is 10.6. The predicted octanol–water partition coefficient (Wildman–Crippen LogP) is 1.85. The topological polar surface area (TPSA) is 43.4 Å². The van der Waals surface area contributed by atoms with Crippen LogP contribution >= 0.6 is 0 Å². The Bertz CT molecular complexity index is 361. The minimum Gasteiger partial charge on any atom is -0.493 e. The normalized spacial score (nSPS) is 9.57. The van der Waals surface area contributed by atoms with Gasteiger partial charge in [-0.05, 0) is 19.1 Å². The molecule has 0 atom stereocenters. The standard InChI is InChI=1S/C10H9FO3/c1-2-14-10-4-7(5-12)9(11)3-8(10)6-13/h3-6H,2H2,1H3. The third-order valence-electron chi connectivity index (χ3n) is 1.68. The highest BCUT2D eigenvalue weighted by molar-refractivity contribution is 5.84. The molecule has 0 saturated carbocycles. The number of halogens is 1. The average Bonchev–Trinajstić information content (AvgIpc) is 2.20. The van der Waals surface area contributed by atoms with Gasteiger partial charge in [-0.3, -0.25) is 9.59 Å². The Morgan fingerprint density at radius 2 is 1.93 bits per heavy atom. The van der Waals surface area contributed by atoms with Crippen LogP contribution in [0.5, 0.6) is 5.75 Å². The molecule has 0 aliphatic carbocycles. The van der Waals surface area contributed by atoms with E-state index >= 15 is 0 Å². The first-order valence-corrected chi connectivity index (χ1v) is 4.09. The molecule has 0 unspecified atom stereocenters. The van der Waals surface area contributed by atoms with Crippen LogP contribution in [-0.4, -0.2) is 19.2 Å². The van der Waals surface area contributed by atoms with Gasteiger partial charge in [0, 0.05) is 0 Å². The monoisotopic (exact) mass is 196 g/mol. The predicted molar refractivity (Wildman–Crippen MR) is 48.3 cm³/mol. The van der Waals surface area contributed by atoms with E-state index in [1.54, 1.807) is 6.92 Å². The lowest BCUT2D eigenvalue weighted by Crippen LogP contribution is -1.99. The third kappa shape index (κ3) is 1.96. The van der Waals surface area contributed by atoms with Crippen LogP contribution in [0.2, 0.25) is 0 Å². The van der Waals surface area contributed by atoms with E-state index in [2.05, 4.69) is 0 Å². The van der Waals surface area contributed by atoms with E-state index in [4.69, 9.17) is 4.74 Å². The fraction of sp³-hybridized carbons (Fsp3) is 0.200. The molecule has 1 aromatic rings. The van der Waals surface area contributed by atoms with Gasteiger partial charge in [-0.2, -0.15) is 0 Å². The lowest BCUT2D eigenvalue weighted by atomic mass is 10.1. The van der Waals surface area contributed by atoms with Crippen molar-refractivity contribution in [3.05, 3.63) is 29.1 Å². The molecule has 1 rings (SSSR count). The summed E-state index contributed by atoms with van der Waals surface area (Å²) in [7, 11) is 0. The summed E-state index contributed by atoms with van der Waals surface area (Å²) in [5, 5.41) is 0. The summed E-state index contributed by atoms with van der Waals surface area (Å²) >= 11 is 0. The fourth-order valence-corrected chi connectivity index (χ4v) is 1.05. The molecule has 74 valence electrons. The molecule has 0 bridgehead atoms. The van der Waals surface area contributed by atoms with Gasteiger partial charge in [-0.1, -0.05) is 0 Å². The Labute approximate surface area is 80.5 Å². The van der Waals surface area contributed by atoms with Crippen LogP contribution in [-0.2, 0) is 0 Å². The molecule has 3 nitrogen and oxygen atoms in total. The van der Waals surface area contributed by atoms with Crippen molar-refractivity contribution < 1.29 is 18.7 Å². The molecule has 0 radical (unpaired) electrons. The first kappa shape index (κ1) is 10.4. The molecule has 0 aromatic heterocycles. The summed E-state index contributed by atoms with van der Waals surface area (Å²) in [6.45, 7) is 2.09. The zero-order valence-corrected chi connectivity index (χ0v) is 7.62. The van der Waals surface area contributed by atoms with Gasteiger partial charge in [0.05, 0.1) is 17.7 Å². The van der Waals surface area contributed by atoms with Gasteiger partial charge in [0.1, 0.15) is 11.6 Å². The summed E-state index contributed by atoms with van der Waals surface area (Å²) in [6.07, 6.45) is 0.870. The largest absolute Gasteiger partial charge is 0.493 e. The molecule has 1 aromatic carbocycles. The van der Waals surface area contributed by atoms with Gasteiger partial charge in [-0.15, -0.1) is 0 Å². The zero-order valence-electron chi connectivity index (χ0n) is 7.62. The number of hydrogen-bond donors (Lipinski definition) is 0. The van der Waals surface area contributed by atoms with Gasteiger partial charge in [0.15, 0.2) is 12.6 Å². The first-order chi connectivity index (χ1) is 6.72. The molecule has 0 fully saturated rings. The SMILES string of the molecule is CCOc1cc(C=O)c(F)cc1C=O. The summed E-state index contributed by atoms with van der Waals surface area (Å²) in [5.74, 6) is -0.489. The highest BCUT2D eigenvalue weighted by Crippen LogP contribution is 2.20. The number of ether oxygens (including phenoxy) is 1. The van der Waals surface area contributed by atoms with Crippen molar-refractivity contribution in [1.29, 1.82) is 0 Å². The van der Waals surface area contributed by atoms with Gasteiger partial charge < -0.3 is 4.74 Å². The Kier molecular flexibility index (Phi) is 3.34. The number of carbonyl (C=O) groups excluding carboxylic acids is 2. The molecule has 4 heteroatoms. The van der Waals surface area contributed by atoms with E-state index in [0.717, 1.165) is 6.07 Å². The van der Waals surface area contributed by atoms with Gasteiger partial charge >= 0.3 is 0 Å². The van der Waals surface area contributed by atoms with Gasteiger partial charge in [-0.25, -0.2) is 4.39 Å². The first-order valence-electron chi connectivity index (χ1n) is 4.09. The summed E-state index contributed by atoms with van der Waals surface area (Å²) < 4.78 is 18.1. The van der Waals surface area contributed by atoms with Crippen molar-refractivity contribution >= 4 is 12.6 Å². The van der Waals surface area contributed by atoms with Crippen molar-refractivity contribution in [2.45, 2.75) is 6.92 Å². The van der Waals surface area contributed by atoms with E-state index < -0.39 is 5.82 Å². The van der Waals surface area contributed by atoms with E-state index in [1.165, 1.54) is 6.07 Å². The maximum absolute atomic E-state index is 13.0. The lowest BCUT2D eigenvalue weighted by molar-refractivity contribution is 0.110.